The van der Waals surface area contributed by atoms with Crippen molar-refractivity contribution in [2.75, 3.05) is 6.54 Å². The van der Waals surface area contributed by atoms with Gasteiger partial charge in [-0.05, 0) is 74.7 Å². The number of allylic oxidation sites excluding steroid dienone is 1. The van der Waals surface area contributed by atoms with Gasteiger partial charge in [-0.1, -0.05) is 64.9 Å². The highest BCUT2D eigenvalue weighted by Gasteiger charge is 2.66. The minimum Gasteiger partial charge on any atom is -0.353 e. The molecular weight excluding hydrogens is 448 g/mol. The molecule has 36 heavy (non-hydrogen) atoms. The van der Waals surface area contributed by atoms with E-state index in [0.29, 0.717) is 36.6 Å². The number of nitro groups is 1. The molecule has 0 spiro atoms. The van der Waals surface area contributed by atoms with Gasteiger partial charge < -0.3 is 4.74 Å². The van der Waals surface area contributed by atoms with E-state index in [1.807, 2.05) is 0 Å². The summed E-state index contributed by atoms with van der Waals surface area (Å²) >= 11 is 0. The van der Waals surface area contributed by atoms with Crippen molar-refractivity contribution in [3.05, 3.63) is 22.3 Å². The number of nitrogens with zero attached hydrogens (tertiary/aromatic N) is 2. The van der Waals surface area contributed by atoms with Gasteiger partial charge in [0.25, 0.3) is 0 Å². The van der Waals surface area contributed by atoms with Gasteiger partial charge in [0.2, 0.25) is 6.04 Å². The molecule has 0 aromatic rings. The molecule has 6 unspecified atom stereocenters. The Balaban J connectivity index is 1.22. The molecule has 0 aromatic carbocycles. The van der Waals surface area contributed by atoms with Crippen LogP contribution < -0.4 is 0 Å². The van der Waals surface area contributed by atoms with Crippen molar-refractivity contribution < 1.29 is 9.66 Å². The zero-order chi connectivity index (χ0) is 24.9. The molecule has 6 aliphatic rings. The first-order valence-corrected chi connectivity index (χ1v) is 15.7. The van der Waals surface area contributed by atoms with Gasteiger partial charge in [0, 0.05) is 41.7 Å². The first-order chi connectivity index (χ1) is 17.4. The zero-order valence-corrected chi connectivity index (χ0v) is 22.9. The van der Waals surface area contributed by atoms with Crippen molar-refractivity contribution in [1.29, 1.82) is 0 Å². The lowest BCUT2D eigenvalue weighted by molar-refractivity contribution is -0.530. The van der Waals surface area contributed by atoms with Crippen LogP contribution >= 0.6 is 0 Å². The highest BCUT2D eigenvalue weighted by molar-refractivity contribution is 5.22. The normalized spacial score (nSPS) is 45.7. The largest absolute Gasteiger partial charge is 0.353 e. The second kappa shape index (κ2) is 9.98. The summed E-state index contributed by atoms with van der Waals surface area (Å²) in [5.41, 5.74) is -0.270. The van der Waals surface area contributed by atoms with Gasteiger partial charge in [0.1, 0.15) is 5.72 Å². The fraction of sp³-hybridized carbons (Fsp3) is 0.935. The smallest absolute Gasteiger partial charge is 0.213 e. The summed E-state index contributed by atoms with van der Waals surface area (Å²) in [6.45, 7) is 5.94. The first-order valence-electron chi connectivity index (χ1n) is 15.7. The van der Waals surface area contributed by atoms with Crippen molar-refractivity contribution in [3.63, 3.8) is 0 Å². The van der Waals surface area contributed by atoms with Gasteiger partial charge >= 0.3 is 0 Å². The highest BCUT2D eigenvalue weighted by atomic mass is 16.6. The van der Waals surface area contributed by atoms with Crippen LogP contribution in [0.2, 0.25) is 0 Å². The Morgan fingerprint density at radius 3 is 2.28 bits per heavy atom. The highest BCUT2D eigenvalue weighted by Crippen LogP contribution is 2.61. The van der Waals surface area contributed by atoms with Gasteiger partial charge in [0.05, 0.1) is 6.10 Å². The number of hydrogen-bond donors (Lipinski definition) is 0. The Hall–Kier alpha value is -0.940. The molecule has 0 radical (unpaired) electrons. The number of fused-ring (bicyclic) bond motifs is 4. The van der Waals surface area contributed by atoms with Crippen LogP contribution in [-0.4, -0.2) is 40.3 Å². The molecule has 0 aromatic heterocycles. The average molecular weight is 499 g/mol. The van der Waals surface area contributed by atoms with Crippen LogP contribution in [0.4, 0.5) is 0 Å². The predicted molar refractivity (Wildman–Crippen MR) is 143 cm³/mol. The third-order valence-corrected chi connectivity index (χ3v) is 12.1. The minimum absolute atomic E-state index is 0.0288. The van der Waals surface area contributed by atoms with E-state index in [9.17, 15) is 10.1 Å². The van der Waals surface area contributed by atoms with Crippen LogP contribution in [0.1, 0.15) is 117 Å². The maximum absolute atomic E-state index is 11.6. The molecule has 2 saturated heterocycles. The van der Waals surface area contributed by atoms with Crippen LogP contribution in [-0.2, 0) is 4.74 Å². The summed E-state index contributed by atoms with van der Waals surface area (Å²) in [6.07, 6.45) is 25.5. The van der Waals surface area contributed by atoms with E-state index in [0.717, 1.165) is 24.8 Å². The van der Waals surface area contributed by atoms with Gasteiger partial charge in [0.15, 0.2) is 0 Å². The van der Waals surface area contributed by atoms with Gasteiger partial charge in [-0.25, -0.2) is 0 Å². The monoisotopic (exact) mass is 498 g/mol. The molecular formula is C31H50N2O3. The fourth-order valence-corrected chi connectivity index (χ4v) is 9.96. The van der Waals surface area contributed by atoms with Gasteiger partial charge in [-0.2, -0.15) is 0 Å². The average Bonchev–Trinajstić information content (AvgIpc) is 3.10. The van der Waals surface area contributed by atoms with E-state index in [4.69, 9.17) is 4.74 Å². The summed E-state index contributed by atoms with van der Waals surface area (Å²) in [4.78, 5) is 14.3. The lowest BCUT2D eigenvalue weighted by Gasteiger charge is -2.55. The Kier molecular flexibility index (Phi) is 7.03. The number of ether oxygens (including phenoxy) is 1. The topological polar surface area (TPSA) is 55.6 Å². The molecule has 0 amide bonds. The summed E-state index contributed by atoms with van der Waals surface area (Å²) in [6, 6.07) is 0.187. The first kappa shape index (κ1) is 25.3. The van der Waals surface area contributed by atoms with Crippen molar-refractivity contribution in [2.45, 2.75) is 140 Å². The van der Waals surface area contributed by atoms with E-state index in [2.05, 4.69) is 30.9 Å². The van der Waals surface area contributed by atoms with Crippen LogP contribution in [0.3, 0.4) is 0 Å². The summed E-state index contributed by atoms with van der Waals surface area (Å²) < 4.78 is 7.26. The van der Waals surface area contributed by atoms with Crippen molar-refractivity contribution in [2.24, 2.45) is 35.0 Å². The third-order valence-electron chi connectivity index (χ3n) is 12.1. The Bertz CT molecular complexity index is 828. The molecule has 2 heterocycles. The van der Waals surface area contributed by atoms with Gasteiger partial charge in [-0.15, -0.1) is 0 Å². The van der Waals surface area contributed by atoms with E-state index in [-0.39, 0.29) is 28.2 Å². The molecule has 6 fully saturated rings. The van der Waals surface area contributed by atoms with Crippen molar-refractivity contribution in [3.8, 4) is 0 Å². The van der Waals surface area contributed by atoms with E-state index in [1.54, 1.807) is 0 Å². The molecule has 4 aliphatic carbocycles. The maximum Gasteiger partial charge on any atom is 0.213 e. The van der Waals surface area contributed by atoms with E-state index < -0.39 is 0 Å². The lowest BCUT2D eigenvalue weighted by atomic mass is 9.67. The van der Waals surface area contributed by atoms with Crippen LogP contribution in [0.5, 0.6) is 0 Å². The summed E-state index contributed by atoms with van der Waals surface area (Å²) in [7, 11) is 0. The SMILES string of the molecule is CC1(C)C2CCCCC2N2CC3CC([N+](=O)[O-])CCC3OC21/C=C/C1CCC(C2CCCCC2)CC1. The predicted octanol–water partition coefficient (Wildman–Crippen LogP) is 7.37. The molecule has 5 nitrogen and oxygen atoms in total. The van der Waals surface area contributed by atoms with E-state index >= 15 is 0 Å². The minimum atomic E-state index is -0.380. The number of rotatable bonds is 4. The van der Waals surface area contributed by atoms with Gasteiger partial charge in [-0.3, -0.25) is 15.0 Å². The Morgan fingerprint density at radius 1 is 0.833 bits per heavy atom. The Morgan fingerprint density at radius 2 is 1.53 bits per heavy atom. The molecule has 4 saturated carbocycles. The van der Waals surface area contributed by atoms with E-state index in [1.165, 1.54) is 83.5 Å². The maximum atomic E-state index is 11.6. The Labute approximate surface area is 218 Å². The standard InChI is InChI=1S/C31H50N2O3/c1-30(2)27-10-6-7-11-28(27)32-21-25-20-26(33(34)35)16-17-29(25)36-31(30,32)19-18-22-12-14-24(15-13-22)23-8-4-3-5-9-23/h18-19,22-29H,3-17,20-21H2,1-2H3/b19-18+. The number of hydrogen-bond acceptors (Lipinski definition) is 4. The molecule has 0 bridgehead atoms. The van der Waals surface area contributed by atoms with Crippen LogP contribution in [0, 0.1) is 45.1 Å². The molecule has 6 atom stereocenters. The fourth-order valence-electron chi connectivity index (χ4n) is 9.96. The second-order valence-corrected chi connectivity index (χ2v) is 14.1. The second-order valence-electron chi connectivity index (χ2n) is 14.1. The van der Waals surface area contributed by atoms with Crippen LogP contribution in [0.15, 0.2) is 12.2 Å². The summed E-state index contributed by atoms with van der Waals surface area (Å²) in [5.74, 6) is 3.62. The van der Waals surface area contributed by atoms with Crippen molar-refractivity contribution >= 4 is 0 Å². The molecule has 202 valence electrons. The zero-order valence-electron chi connectivity index (χ0n) is 22.9. The molecule has 6 rings (SSSR count). The molecule has 0 N–H and O–H groups in total. The lowest BCUT2D eigenvalue weighted by Crippen LogP contribution is -2.63. The molecule has 2 aliphatic heterocycles. The third kappa shape index (κ3) is 4.28. The quantitative estimate of drug-likeness (QED) is 0.231. The van der Waals surface area contributed by atoms with Crippen LogP contribution in [0.25, 0.3) is 0 Å². The molecule has 5 heteroatoms. The van der Waals surface area contributed by atoms with Crippen molar-refractivity contribution in [1.82, 2.24) is 4.90 Å². The summed E-state index contributed by atoms with van der Waals surface area (Å²) in [5, 5.41) is 11.6.